The van der Waals surface area contributed by atoms with Crippen LogP contribution >= 0.6 is 11.6 Å². The van der Waals surface area contributed by atoms with Gasteiger partial charge in [-0.05, 0) is 35.9 Å². The number of carbonyl (C=O) groups is 1. The SMILES string of the molecule is NS(=O)(=O)c1cc(NC(=O)Cc2ccc(F)cc2Cl)ccc1COc1ccc(F)cn1. The molecule has 7 nitrogen and oxygen atoms in total. The maximum Gasteiger partial charge on any atom is 0.238 e. The Bertz CT molecular complexity index is 1220. The number of nitrogens with one attached hydrogen (secondary N) is 1. The van der Waals surface area contributed by atoms with E-state index in [-0.39, 0.29) is 40.1 Å². The number of halogens is 3. The van der Waals surface area contributed by atoms with Crippen molar-refractivity contribution in [3.8, 4) is 5.88 Å². The third-order valence-electron chi connectivity index (χ3n) is 4.10. The van der Waals surface area contributed by atoms with Crippen molar-refractivity contribution in [1.82, 2.24) is 4.98 Å². The van der Waals surface area contributed by atoms with Crippen LogP contribution in [0, 0.1) is 11.6 Å². The first-order valence-electron chi connectivity index (χ1n) is 8.75. The normalized spacial score (nSPS) is 11.2. The minimum Gasteiger partial charge on any atom is -0.473 e. The zero-order valence-corrected chi connectivity index (χ0v) is 17.4. The molecule has 1 amide bonds. The van der Waals surface area contributed by atoms with E-state index in [1.54, 1.807) is 0 Å². The minimum absolute atomic E-state index is 0.0929. The topological polar surface area (TPSA) is 111 Å². The van der Waals surface area contributed by atoms with Gasteiger partial charge in [-0.3, -0.25) is 4.79 Å². The van der Waals surface area contributed by atoms with Gasteiger partial charge in [0.1, 0.15) is 18.2 Å². The number of nitrogens with two attached hydrogens (primary N) is 1. The van der Waals surface area contributed by atoms with E-state index in [1.807, 2.05) is 0 Å². The lowest BCUT2D eigenvalue weighted by atomic mass is 10.1. The van der Waals surface area contributed by atoms with Gasteiger partial charge < -0.3 is 10.1 Å². The van der Waals surface area contributed by atoms with Gasteiger partial charge in [-0.15, -0.1) is 0 Å². The number of hydrogen-bond donors (Lipinski definition) is 2. The molecular weight excluding hydrogens is 452 g/mol. The number of benzene rings is 2. The van der Waals surface area contributed by atoms with Crippen LogP contribution in [0.3, 0.4) is 0 Å². The molecule has 0 aliphatic rings. The zero-order valence-electron chi connectivity index (χ0n) is 15.8. The van der Waals surface area contributed by atoms with Crippen LogP contribution in [0.15, 0.2) is 59.6 Å². The average Bonchev–Trinajstić information content (AvgIpc) is 2.69. The van der Waals surface area contributed by atoms with E-state index in [2.05, 4.69) is 10.3 Å². The molecule has 0 saturated heterocycles. The van der Waals surface area contributed by atoms with Crippen molar-refractivity contribution in [1.29, 1.82) is 0 Å². The summed E-state index contributed by atoms with van der Waals surface area (Å²) in [7, 11) is -4.15. The standard InChI is InChI=1S/C20H16ClF2N3O4S/c21-17-8-14(22)3-1-12(17)7-19(27)26-16-5-2-13(18(9-16)31(24,28)29)11-30-20-6-4-15(23)10-25-20/h1-6,8-10H,7,11H2,(H,26,27)(H2,24,28,29). The fourth-order valence-electron chi connectivity index (χ4n) is 2.66. The Balaban J connectivity index is 1.75. The largest absolute Gasteiger partial charge is 0.473 e. The Hall–Kier alpha value is -3.08. The first-order valence-corrected chi connectivity index (χ1v) is 10.7. The molecule has 0 aliphatic carbocycles. The molecule has 31 heavy (non-hydrogen) atoms. The molecule has 0 atom stereocenters. The van der Waals surface area contributed by atoms with Crippen molar-refractivity contribution in [3.05, 3.63) is 82.5 Å². The lowest BCUT2D eigenvalue weighted by Crippen LogP contribution is -2.18. The van der Waals surface area contributed by atoms with Gasteiger partial charge in [-0.25, -0.2) is 27.3 Å². The number of aromatic nitrogens is 1. The number of sulfonamides is 1. The smallest absolute Gasteiger partial charge is 0.238 e. The van der Waals surface area contributed by atoms with Crippen LogP contribution in [0.25, 0.3) is 0 Å². The number of rotatable bonds is 7. The number of ether oxygens (including phenoxy) is 1. The molecule has 3 rings (SSSR count). The maximum atomic E-state index is 13.1. The van der Waals surface area contributed by atoms with Crippen molar-refractivity contribution >= 4 is 33.2 Å². The van der Waals surface area contributed by atoms with Gasteiger partial charge in [0.2, 0.25) is 21.8 Å². The summed E-state index contributed by atoms with van der Waals surface area (Å²) in [6.07, 6.45) is 0.812. The highest BCUT2D eigenvalue weighted by atomic mass is 35.5. The molecule has 11 heteroatoms. The van der Waals surface area contributed by atoms with E-state index < -0.39 is 27.6 Å². The molecule has 0 unspecified atom stereocenters. The van der Waals surface area contributed by atoms with Crippen LogP contribution in [-0.4, -0.2) is 19.3 Å². The van der Waals surface area contributed by atoms with Gasteiger partial charge in [0.15, 0.2) is 0 Å². The highest BCUT2D eigenvalue weighted by Crippen LogP contribution is 2.23. The third kappa shape index (κ3) is 6.20. The number of anilines is 1. The van der Waals surface area contributed by atoms with Crippen LogP contribution in [0.2, 0.25) is 5.02 Å². The molecule has 0 radical (unpaired) electrons. The summed E-state index contributed by atoms with van der Waals surface area (Å²) in [5.74, 6) is -1.47. The third-order valence-corrected chi connectivity index (χ3v) is 5.44. The molecule has 1 aromatic heterocycles. The lowest BCUT2D eigenvalue weighted by molar-refractivity contribution is -0.115. The predicted molar refractivity (Wildman–Crippen MR) is 110 cm³/mol. The van der Waals surface area contributed by atoms with E-state index in [0.29, 0.717) is 5.56 Å². The summed E-state index contributed by atoms with van der Waals surface area (Å²) in [5, 5.41) is 7.93. The fraction of sp³-hybridized carbons (Fsp3) is 0.100. The van der Waals surface area contributed by atoms with E-state index in [0.717, 1.165) is 18.3 Å². The van der Waals surface area contributed by atoms with Crippen molar-refractivity contribution < 1.29 is 26.7 Å². The summed E-state index contributed by atoms with van der Waals surface area (Å²) < 4.78 is 55.4. The van der Waals surface area contributed by atoms with Crippen LogP contribution < -0.4 is 15.2 Å². The number of primary sulfonamides is 1. The number of carbonyl (C=O) groups excluding carboxylic acids is 1. The Morgan fingerprint density at radius 2 is 1.77 bits per heavy atom. The maximum absolute atomic E-state index is 13.1. The first-order chi connectivity index (χ1) is 14.6. The molecule has 2 aromatic carbocycles. The van der Waals surface area contributed by atoms with E-state index in [1.165, 1.54) is 36.4 Å². The van der Waals surface area contributed by atoms with Gasteiger partial charge in [-0.2, -0.15) is 0 Å². The van der Waals surface area contributed by atoms with Crippen molar-refractivity contribution in [2.75, 3.05) is 5.32 Å². The van der Waals surface area contributed by atoms with Crippen molar-refractivity contribution in [2.24, 2.45) is 5.14 Å². The number of pyridine rings is 1. The Labute approximate surface area is 181 Å². The molecule has 0 bridgehead atoms. The predicted octanol–water partition coefficient (Wildman–Crippen LogP) is 3.42. The quantitative estimate of drug-likeness (QED) is 0.553. The summed E-state index contributed by atoms with van der Waals surface area (Å²) in [6.45, 7) is -0.205. The second-order valence-electron chi connectivity index (χ2n) is 6.43. The van der Waals surface area contributed by atoms with Gasteiger partial charge in [-0.1, -0.05) is 23.7 Å². The Morgan fingerprint density at radius 1 is 1.06 bits per heavy atom. The Morgan fingerprint density at radius 3 is 2.42 bits per heavy atom. The lowest BCUT2D eigenvalue weighted by Gasteiger charge is -2.12. The first kappa shape index (κ1) is 22.6. The number of amides is 1. The second kappa shape index (κ2) is 9.38. The van der Waals surface area contributed by atoms with Crippen LogP contribution in [-0.2, 0) is 27.8 Å². The molecule has 1 heterocycles. The van der Waals surface area contributed by atoms with E-state index in [4.69, 9.17) is 21.5 Å². The fourth-order valence-corrected chi connectivity index (χ4v) is 3.68. The molecular formula is C20H16ClF2N3O4S. The molecule has 0 aliphatic heterocycles. The monoisotopic (exact) mass is 467 g/mol. The second-order valence-corrected chi connectivity index (χ2v) is 8.37. The molecule has 3 aromatic rings. The average molecular weight is 468 g/mol. The highest BCUT2D eigenvalue weighted by Gasteiger charge is 2.17. The summed E-state index contributed by atoms with van der Waals surface area (Å²) >= 11 is 5.92. The number of nitrogens with zero attached hydrogens (tertiary/aromatic N) is 1. The van der Waals surface area contributed by atoms with Crippen molar-refractivity contribution in [3.63, 3.8) is 0 Å². The minimum atomic E-state index is -4.15. The van der Waals surface area contributed by atoms with Gasteiger partial charge in [0.25, 0.3) is 0 Å². The van der Waals surface area contributed by atoms with E-state index >= 15 is 0 Å². The molecule has 0 fully saturated rings. The highest BCUT2D eigenvalue weighted by molar-refractivity contribution is 7.89. The van der Waals surface area contributed by atoms with Gasteiger partial charge in [0.05, 0.1) is 17.5 Å². The summed E-state index contributed by atoms with van der Waals surface area (Å²) in [4.78, 5) is 15.8. The Kier molecular flexibility index (Phi) is 6.84. The van der Waals surface area contributed by atoms with Crippen LogP contribution in [0.1, 0.15) is 11.1 Å². The summed E-state index contributed by atoms with van der Waals surface area (Å²) in [6, 6.07) is 10.2. The summed E-state index contributed by atoms with van der Waals surface area (Å²) in [5.41, 5.74) is 0.799. The van der Waals surface area contributed by atoms with Crippen LogP contribution in [0.5, 0.6) is 5.88 Å². The molecule has 3 N–H and O–H groups in total. The van der Waals surface area contributed by atoms with E-state index in [9.17, 15) is 22.0 Å². The number of hydrogen-bond acceptors (Lipinski definition) is 5. The molecule has 0 spiro atoms. The molecule has 162 valence electrons. The van der Waals surface area contributed by atoms with Gasteiger partial charge in [0, 0.05) is 22.3 Å². The van der Waals surface area contributed by atoms with Crippen LogP contribution in [0.4, 0.5) is 14.5 Å². The van der Waals surface area contributed by atoms with Crippen molar-refractivity contribution in [2.45, 2.75) is 17.9 Å². The van der Waals surface area contributed by atoms with Gasteiger partial charge >= 0.3 is 0 Å². The zero-order chi connectivity index (χ0) is 22.6. The molecule has 0 saturated carbocycles.